The summed E-state index contributed by atoms with van der Waals surface area (Å²) in [6.07, 6.45) is 0. The molecule has 0 aliphatic heterocycles. The molecule has 2 aromatic carbocycles. The van der Waals surface area contributed by atoms with Gasteiger partial charge in [-0.05, 0) is 63.3 Å². The molecule has 0 fully saturated rings. The highest BCUT2D eigenvalue weighted by atomic mass is 32.1. The van der Waals surface area contributed by atoms with Gasteiger partial charge in [-0.2, -0.15) is 0 Å². The zero-order valence-electron chi connectivity index (χ0n) is 17.6. The second-order valence-electron chi connectivity index (χ2n) is 7.53. The van der Waals surface area contributed by atoms with Gasteiger partial charge in [0.1, 0.15) is 12.4 Å². The summed E-state index contributed by atoms with van der Waals surface area (Å²) in [7, 11) is 1.58. The average molecular weight is 430 g/mol. The van der Waals surface area contributed by atoms with Crippen LogP contribution in [-0.4, -0.2) is 42.8 Å². The van der Waals surface area contributed by atoms with E-state index < -0.39 is 5.91 Å². The number of para-hydroxylation sites is 1. The van der Waals surface area contributed by atoms with E-state index >= 15 is 0 Å². The SMILES string of the molecule is COCCOc1ccccc1C(=O)NC(=S)Nc1cccc(C(=O)NC(C)(C)C)c1. The molecule has 0 aliphatic rings. The van der Waals surface area contributed by atoms with Crippen molar-refractivity contribution >= 4 is 34.8 Å². The topological polar surface area (TPSA) is 88.7 Å². The number of hydrogen-bond donors (Lipinski definition) is 3. The van der Waals surface area contributed by atoms with Gasteiger partial charge in [-0.15, -0.1) is 0 Å². The summed E-state index contributed by atoms with van der Waals surface area (Å²) in [6.45, 7) is 6.47. The first-order chi connectivity index (χ1) is 14.2. The number of rotatable bonds is 7. The molecular formula is C22H27N3O4S. The van der Waals surface area contributed by atoms with E-state index in [4.69, 9.17) is 21.7 Å². The number of nitrogens with one attached hydrogen (secondary N) is 3. The van der Waals surface area contributed by atoms with Crippen LogP contribution in [0.4, 0.5) is 5.69 Å². The molecule has 3 N–H and O–H groups in total. The van der Waals surface area contributed by atoms with E-state index in [0.717, 1.165) is 0 Å². The lowest BCUT2D eigenvalue weighted by Crippen LogP contribution is -2.40. The van der Waals surface area contributed by atoms with Crippen molar-refractivity contribution in [2.75, 3.05) is 25.6 Å². The number of carbonyl (C=O) groups is 2. The van der Waals surface area contributed by atoms with E-state index in [9.17, 15) is 9.59 Å². The van der Waals surface area contributed by atoms with Gasteiger partial charge in [0.2, 0.25) is 0 Å². The molecule has 0 atom stereocenters. The molecule has 0 aromatic heterocycles. The molecule has 0 heterocycles. The molecule has 0 aliphatic carbocycles. The van der Waals surface area contributed by atoms with Crippen LogP contribution in [0.25, 0.3) is 0 Å². The smallest absolute Gasteiger partial charge is 0.261 e. The summed E-state index contributed by atoms with van der Waals surface area (Å²) < 4.78 is 10.5. The molecule has 30 heavy (non-hydrogen) atoms. The molecule has 2 aromatic rings. The van der Waals surface area contributed by atoms with Gasteiger partial charge < -0.3 is 20.1 Å². The van der Waals surface area contributed by atoms with Crippen LogP contribution in [0.3, 0.4) is 0 Å². The number of methoxy groups -OCH3 is 1. The number of hydrogen-bond acceptors (Lipinski definition) is 5. The molecule has 0 unspecified atom stereocenters. The lowest BCUT2D eigenvalue weighted by molar-refractivity contribution is 0.0918. The molecule has 7 nitrogen and oxygen atoms in total. The maximum absolute atomic E-state index is 12.6. The third-order valence-corrected chi connectivity index (χ3v) is 3.98. The van der Waals surface area contributed by atoms with E-state index in [1.165, 1.54) is 0 Å². The lowest BCUT2D eigenvalue weighted by atomic mass is 10.1. The van der Waals surface area contributed by atoms with Crippen molar-refractivity contribution in [2.45, 2.75) is 26.3 Å². The molecule has 0 bridgehead atoms. The Morgan fingerprint density at radius 2 is 1.73 bits per heavy atom. The quantitative estimate of drug-likeness (QED) is 0.462. The van der Waals surface area contributed by atoms with Crippen LogP contribution in [0, 0.1) is 0 Å². The zero-order chi connectivity index (χ0) is 22.1. The lowest BCUT2D eigenvalue weighted by Gasteiger charge is -2.20. The number of thiocarbonyl (C=S) groups is 1. The molecule has 8 heteroatoms. The van der Waals surface area contributed by atoms with E-state index in [-0.39, 0.29) is 16.6 Å². The minimum atomic E-state index is -0.401. The highest BCUT2D eigenvalue weighted by Gasteiger charge is 2.16. The normalized spacial score (nSPS) is 10.8. The van der Waals surface area contributed by atoms with Crippen molar-refractivity contribution in [1.82, 2.24) is 10.6 Å². The minimum absolute atomic E-state index is 0.111. The van der Waals surface area contributed by atoms with Gasteiger partial charge in [-0.3, -0.25) is 14.9 Å². The second-order valence-corrected chi connectivity index (χ2v) is 7.94. The van der Waals surface area contributed by atoms with Gasteiger partial charge in [0.05, 0.1) is 12.2 Å². The fraction of sp³-hybridized carbons (Fsp3) is 0.318. The predicted octanol–water partition coefficient (Wildman–Crippen LogP) is 3.37. The zero-order valence-corrected chi connectivity index (χ0v) is 18.4. The monoisotopic (exact) mass is 429 g/mol. The van der Waals surface area contributed by atoms with E-state index in [1.807, 2.05) is 20.8 Å². The number of anilines is 1. The molecule has 0 radical (unpaired) electrons. The third-order valence-electron chi connectivity index (χ3n) is 3.77. The Labute approximate surface area is 182 Å². The van der Waals surface area contributed by atoms with Gasteiger partial charge >= 0.3 is 0 Å². The molecule has 2 rings (SSSR count). The van der Waals surface area contributed by atoms with Crippen molar-refractivity contribution in [2.24, 2.45) is 0 Å². The number of ether oxygens (including phenoxy) is 2. The Bertz CT molecular complexity index is 909. The van der Waals surface area contributed by atoms with E-state index in [0.29, 0.717) is 35.8 Å². The van der Waals surface area contributed by atoms with Crippen LogP contribution in [0.2, 0.25) is 0 Å². The van der Waals surface area contributed by atoms with Crippen LogP contribution in [0.1, 0.15) is 41.5 Å². The van der Waals surface area contributed by atoms with Crippen molar-refractivity contribution in [3.05, 3.63) is 59.7 Å². The fourth-order valence-electron chi connectivity index (χ4n) is 2.50. The largest absolute Gasteiger partial charge is 0.490 e. The van der Waals surface area contributed by atoms with Gasteiger partial charge in [-0.25, -0.2) is 0 Å². The molecule has 160 valence electrons. The predicted molar refractivity (Wildman–Crippen MR) is 121 cm³/mol. The summed E-state index contributed by atoms with van der Waals surface area (Å²) in [5.74, 6) is -0.152. The van der Waals surface area contributed by atoms with Crippen LogP contribution < -0.4 is 20.7 Å². The second kappa shape index (κ2) is 10.7. The summed E-state index contributed by atoms with van der Waals surface area (Å²) >= 11 is 5.25. The van der Waals surface area contributed by atoms with Crippen LogP contribution in [0.15, 0.2) is 48.5 Å². The molecule has 0 saturated heterocycles. The van der Waals surface area contributed by atoms with Crippen molar-refractivity contribution in [3.8, 4) is 5.75 Å². The number of amides is 2. The first-order valence-corrected chi connectivity index (χ1v) is 9.86. The van der Waals surface area contributed by atoms with Crippen LogP contribution in [0.5, 0.6) is 5.75 Å². The summed E-state index contributed by atoms with van der Waals surface area (Å²) in [5.41, 5.74) is 1.09. The Kier molecular flexibility index (Phi) is 8.32. The highest BCUT2D eigenvalue weighted by Crippen LogP contribution is 2.18. The van der Waals surface area contributed by atoms with Crippen molar-refractivity contribution < 1.29 is 19.1 Å². The maximum Gasteiger partial charge on any atom is 0.261 e. The van der Waals surface area contributed by atoms with Gasteiger partial charge in [0.15, 0.2) is 5.11 Å². The number of carbonyl (C=O) groups excluding carboxylic acids is 2. The van der Waals surface area contributed by atoms with Gasteiger partial charge in [0, 0.05) is 23.9 Å². The molecular weight excluding hydrogens is 402 g/mol. The molecule has 2 amide bonds. The number of benzene rings is 2. The Hall–Kier alpha value is -2.97. The van der Waals surface area contributed by atoms with Crippen LogP contribution >= 0.6 is 12.2 Å². The van der Waals surface area contributed by atoms with Crippen molar-refractivity contribution in [3.63, 3.8) is 0 Å². The summed E-state index contributed by atoms with van der Waals surface area (Å²) in [6, 6.07) is 13.8. The summed E-state index contributed by atoms with van der Waals surface area (Å²) in [5, 5.41) is 8.58. The molecule has 0 saturated carbocycles. The highest BCUT2D eigenvalue weighted by molar-refractivity contribution is 7.80. The Morgan fingerprint density at radius 3 is 2.43 bits per heavy atom. The minimum Gasteiger partial charge on any atom is -0.490 e. The fourth-order valence-corrected chi connectivity index (χ4v) is 2.71. The first-order valence-electron chi connectivity index (χ1n) is 9.45. The van der Waals surface area contributed by atoms with Gasteiger partial charge in [-0.1, -0.05) is 18.2 Å². The van der Waals surface area contributed by atoms with Crippen LogP contribution in [-0.2, 0) is 4.74 Å². The van der Waals surface area contributed by atoms with E-state index in [2.05, 4.69) is 16.0 Å². The first kappa shape index (κ1) is 23.3. The third kappa shape index (κ3) is 7.46. The standard InChI is InChI=1S/C22H27N3O4S/c1-22(2,3)25-19(26)15-8-7-9-16(14-15)23-21(30)24-20(27)17-10-5-6-11-18(17)29-13-12-28-4/h5-11,14H,12-13H2,1-4H3,(H,25,26)(H2,23,24,27,30). The Morgan fingerprint density at radius 1 is 1.00 bits per heavy atom. The average Bonchev–Trinajstić information content (AvgIpc) is 2.67. The molecule has 0 spiro atoms. The van der Waals surface area contributed by atoms with E-state index in [1.54, 1.807) is 55.6 Å². The maximum atomic E-state index is 12.6. The van der Waals surface area contributed by atoms with Gasteiger partial charge in [0.25, 0.3) is 11.8 Å². The Balaban J connectivity index is 2.02. The van der Waals surface area contributed by atoms with Crippen molar-refractivity contribution in [1.29, 1.82) is 0 Å². The summed E-state index contributed by atoms with van der Waals surface area (Å²) in [4.78, 5) is 25.0.